The second kappa shape index (κ2) is 6.98. The predicted molar refractivity (Wildman–Crippen MR) is 95.4 cm³/mol. The Kier molecular flexibility index (Phi) is 4.79. The van der Waals surface area contributed by atoms with Crippen molar-refractivity contribution in [1.82, 2.24) is 0 Å². The third-order valence-electron chi connectivity index (χ3n) is 3.53. The van der Waals surface area contributed by atoms with Gasteiger partial charge in [-0.25, -0.2) is 8.42 Å². The highest BCUT2D eigenvalue weighted by atomic mass is 32.2. The topological polar surface area (TPSA) is 37.4 Å². The zero-order chi connectivity index (χ0) is 16.1. The summed E-state index contributed by atoms with van der Waals surface area (Å²) in [7, 11) is -3.53. The SMILES string of the molecule is O=S(=O)(c1cccs1)N(CCc1ccccc1)c1ccccc1. The molecule has 3 aromatic rings. The molecule has 0 radical (unpaired) electrons. The second-order valence-corrected chi connectivity index (χ2v) is 8.12. The molecular weight excluding hydrogens is 326 g/mol. The van der Waals surface area contributed by atoms with E-state index in [1.54, 1.807) is 17.5 Å². The summed E-state index contributed by atoms with van der Waals surface area (Å²) in [5, 5.41) is 1.78. The maximum absolute atomic E-state index is 13.0. The number of anilines is 1. The first-order valence-corrected chi connectivity index (χ1v) is 9.65. The van der Waals surface area contributed by atoms with Gasteiger partial charge in [-0.15, -0.1) is 11.3 Å². The monoisotopic (exact) mass is 343 g/mol. The first kappa shape index (κ1) is 15.8. The number of hydrogen-bond donors (Lipinski definition) is 0. The van der Waals surface area contributed by atoms with Gasteiger partial charge in [-0.2, -0.15) is 0 Å². The van der Waals surface area contributed by atoms with Crippen molar-refractivity contribution in [3.8, 4) is 0 Å². The van der Waals surface area contributed by atoms with Crippen molar-refractivity contribution in [2.75, 3.05) is 10.8 Å². The fourth-order valence-electron chi connectivity index (χ4n) is 2.38. The standard InChI is InChI=1S/C18H17NO2S2/c20-23(21,18-12-7-15-22-18)19(17-10-5-2-6-11-17)14-13-16-8-3-1-4-9-16/h1-12,15H,13-14H2. The van der Waals surface area contributed by atoms with Crippen molar-refractivity contribution in [3.05, 3.63) is 83.7 Å². The zero-order valence-corrected chi connectivity index (χ0v) is 14.1. The van der Waals surface area contributed by atoms with Crippen molar-refractivity contribution in [1.29, 1.82) is 0 Å². The predicted octanol–water partition coefficient (Wildman–Crippen LogP) is 4.19. The summed E-state index contributed by atoms with van der Waals surface area (Å²) in [6.07, 6.45) is 0.667. The molecule has 1 heterocycles. The first-order chi connectivity index (χ1) is 11.2. The van der Waals surface area contributed by atoms with Crippen molar-refractivity contribution in [2.45, 2.75) is 10.6 Å². The normalized spacial score (nSPS) is 11.3. The minimum absolute atomic E-state index is 0.370. The van der Waals surface area contributed by atoms with Gasteiger partial charge in [0.2, 0.25) is 0 Å². The van der Waals surface area contributed by atoms with E-state index in [2.05, 4.69) is 0 Å². The molecule has 0 N–H and O–H groups in total. The van der Waals surface area contributed by atoms with Crippen LogP contribution in [0.25, 0.3) is 0 Å². The molecule has 0 saturated heterocycles. The Bertz CT molecular complexity index is 829. The van der Waals surface area contributed by atoms with Crippen LogP contribution in [0.15, 0.2) is 82.4 Å². The molecule has 0 saturated carbocycles. The van der Waals surface area contributed by atoms with Crippen molar-refractivity contribution < 1.29 is 8.42 Å². The molecule has 0 bridgehead atoms. The van der Waals surface area contributed by atoms with Crippen molar-refractivity contribution in [3.63, 3.8) is 0 Å². The third kappa shape index (κ3) is 3.63. The number of nitrogens with zero attached hydrogens (tertiary/aromatic N) is 1. The van der Waals surface area contributed by atoms with Gasteiger partial charge in [0.05, 0.1) is 5.69 Å². The lowest BCUT2D eigenvalue weighted by atomic mass is 10.1. The minimum atomic E-state index is -3.53. The van der Waals surface area contributed by atoms with E-state index in [1.807, 2.05) is 60.7 Å². The molecule has 5 heteroatoms. The van der Waals surface area contributed by atoms with Crippen LogP contribution < -0.4 is 4.31 Å². The molecule has 23 heavy (non-hydrogen) atoms. The summed E-state index contributed by atoms with van der Waals surface area (Å²) in [6.45, 7) is 0.411. The lowest BCUT2D eigenvalue weighted by Gasteiger charge is -2.23. The third-order valence-corrected chi connectivity index (χ3v) is 6.73. The number of para-hydroxylation sites is 1. The van der Waals surface area contributed by atoms with Crippen LogP contribution in [-0.4, -0.2) is 15.0 Å². The van der Waals surface area contributed by atoms with Gasteiger partial charge in [-0.05, 0) is 35.6 Å². The van der Waals surface area contributed by atoms with Crippen molar-refractivity contribution >= 4 is 27.0 Å². The Morgan fingerprint density at radius 2 is 1.48 bits per heavy atom. The number of benzene rings is 2. The van der Waals surface area contributed by atoms with Crippen LogP contribution >= 0.6 is 11.3 Å². The summed E-state index contributed by atoms with van der Waals surface area (Å²) in [5.74, 6) is 0. The summed E-state index contributed by atoms with van der Waals surface area (Å²) < 4.78 is 27.8. The summed E-state index contributed by atoms with van der Waals surface area (Å²) in [4.78, 5) is 0. The molecule has 1 aromatic heterocycles. The minimum Gasteiger partial charge on any atom is -0.265 e. The molecular formula is C18H17NO2S2. The second-order valence-electron chi connectivity index (χ2n) is 5.08. The van der Waals surface area contributed by atoms with Crippen LogP contribution in [0.5, 0.6) is 0 Å². The van der Waals surface area contributed by atoms with Crippen LogP contribution in [0.2, 0.25) is 0 Å². The largest absolute Gasteiger partial charge is 0.273 e. The van der Waals surface area contributed by atoms with Gasteiger partial charge in [-0.1, -0.05) is 54.6 Å². The zero-order valence-electron chi connectivity index (χ0n) is 12.5. The fraction of sp³-hybridized carbons (Fsp3) is 0.111. The van der Waals surface area contributed by atoms with Crippen LogP contribution in [-0.2, 0) is 16.4 Å². The van der Waals surface area contributed by atoms with E-state index in [0.717, 1.165) is 5.56 Å². The number of thiophene rings is 1. The van der Waals surface area contributed by atoms with E-state index < -0.39 is 10.0 Å². The molecule has 0 spiro atoms. The summed E-state index contributed by atoms with van der Waals surface area (Å²) >= 11 is 1.24. The van der Waals surface area contributed by atoms with Gasteiger partial charge < -0.3 is 0 Å². The Morgan fingerprint density at radius 3 is 2.09 bits per heavy atom. The Labute approximate surface area is 140 Å². The number of sulfonamides is 1. The van der Waals surface area contributed by atoms with Crippen LogP contribution in [0, 0.1) is 0 Å². The Hall–Kier alpha value is -2.11. The maximum atomic E-state index is 13.0. The molecule has 3 nitrogen and oxygen atoms in total. The van der Waals surface area contributed by atoms with Crippen LogP contribution in [0.1, 0.15) is 5.56 Å². The van der Waals surface area contributed by atoms with E-state index in [9.17, 15) is 8.42 Å². The molecule has 118 valence electrons. The maximum Gasteiger partial charge on any atom is 0.273 e. The molecule has 0 aliphatic carbocycles. The molecule has 0 amide bonds. The van der Waals surface area contributed by atoms with E-state index in [0.29, 0.717) is 22.9 Å². The van der Waals surface area contributed by atoms with Crippen LogP contribution in [0.3, 0.4) is 0 Å². The van der Waals surface area contributed by atoms with Gasteiger partial charge in [0, 0.05) is 6.54 Å². The van der Waals surface area contributed by atoms with Gasteiger partial charge in [0.15, 0.2) is 0 Å². The lowest BCUT2D eigenvalue weighted by molar-refractivity contribution is 0.592. The highest BCUT2D eigenvalue weighted by Crippen LogP contribution is 2.26. The fourth-order valence-corrected chi connectivity index (χ4v) is 4.95. The average molecular weight is 343 g/mol. The molecule has 0 aliphatic rings. The van der Waals surface area contributed by atoms with E-state index in [4.69, 9.17) is 0 Å². The highest BCUT2D eigenvalue weighted by molar-refractivity contribution is 7.94. The van der Waals surface area contributed by atoms with E-state index >= 15 is 0 Å². The average Bonchev–Trinajstić information content (AvgIpc) is 3.12. The number of hydrogen-bond acceptors (Lipinski definition) is 3. The van der Waals surface area contributed by atoms with E-state index in [1.165, 1.54) is 15.6 Å². The van der Waals surface area contributed by atoms with E-state index in [-0.39, 0.29) is 0 Å². The molecule has 0 atom stereocenters. The molecule has 0 fully saturated rings. The molecule has 0 aliphatic heterocycles. The molecule has 0 unspecified atom stereocenters. The summed E-state index contributed by atoms with van der Waals surface area (Å²) in [6, 6.07) is 22.6. The first-order valence-electron chi connectivity index (χ1n) is 7.33. The number of rotatable bonds is 6. The Balaban J connectivity index is 1.92. The molecule has 2 aromatic carbocycles. The van der Waals surface area contributed by atoms with Crippen LogP contribution in [0.4, 0.5) is 5.69 Å². The smallest absolute Gasteiger partial charge is 0.265 e. The van der Waals surface area contributed by atoms with Gasteiger partial charge >= 0.3 is 0 Å². The quantitative estimate of drug-likeness (QED) is 0.673. The highest BCUT2D eigenvalue weighted by Gasteiger charge is 2.25. The van der Waals surface area contributed by atoms with Gasteiger partial charge in [0.25, 0.3) is 10.0 Å². The van der Waals surface area contributed by atoms with Gasteiger partial charge in [-0.3, -0.25) is 4.31 Å². The molecule has 3 rings (SSSR count). The summed E-state index contributed by atoms with van der Waals surface area (Å²) in [5.41, 5.74) is 1.81. The lowest BCUT2D eigenvalue weighted by Crippen LogP contribution is -2.32. The van der Waals surface area contributed by atoms with Gasteiger partial charge in [0.1, 0.15) is 4.21 Å². The van der Waals surface area contributed by atoms with Crippen molar-refractivity contribution in [2.24, 2.45) is 0 Å². The Morgan fingerprint density at radius 1 is 0.826 bits per heavy atom.